The molecule has 0 radical (unpaired) electrons. The van der Waals surface area contributed by atoms with Crippen molar-refractivity contribution in [2.75, 3.05) is 26.2 Å². The van der Waals surface area contributed by atoms with Gasteiger partial charge in [-0.1, -0.05) is 85.8 Å². The second kappa shape index (κ2) is 19.2. The number of aryl methyl sites for hydroxylation is 1. The molecule has 17 nitrogen and oxygen atoms in total. The van der Waals surface area contributed by atoms with Gasteiger partial charge in [-0.2, -0.15) is 0 Å². The van der Waals surface area contributed by atoms with Crippen molar-refractivity contribution in [2.45, 2.75) is 76.3 Å². The first kappa shape index (κ1) is 47.4. The molecule has 4 heterocycles. The van der Waals surface area contributed by atoms with E-state index in [2.05, 4.69) is 26.6 Å². The number of alkyl carbamates (subject to hydrolysis) is 1. The third kappa shape index (κ3) is 8.60. The highest BCUT2D eigenvalue weighted by Gasteiger charge is 2.46. The van der Waals surface area contributed by atoms with Gasteiger partial charge in [-0.25, -0.2) is 19.0 Å². The molecule has 10 rings (SSSR count). The summed E-state index contributed by atoms with van der Waals surface area (Å²) in [5.41, 5.74) is 6.07. The van der Waals surface area contributed by atoms with Crippen LogP contribution in [-0.4, -0.2) is 82.6 Å². The molecule has 0 unspecified atom stereocenters. The number of aromatic nitrogens is 2. The third-order valence-corrected chi connectivity index (χ3v) is 14.3. The summed E-state index contributed by atoms with van der Waals surface area (Å²) < 4.78 is 27.7. The van der Waals surface area contributed by atoms with E-state index in [1.54, 1.807) is 50.2 Å². The van der Waals surface area contributed by atoms with E-state index >= 15 is 4.39 Å². The summed E-state index contributed by atoms with van der Waals surface area (Å²) in [5, 5.41) is 25.2. The zero-order valence-corrected chi connectivity index (χ0v) is 39.4. The second-order valence-corrected chi connectivity index (χ2v) is 18.5. The fourth-order valence-corrected chi connectivity index (χ4v) is 10.6. The highest BCUT2D eigenvalue weighted by molar-refractivity contribution is 5.95. The van der Waals surface area contributed by atoms with Gasteiger partial charge < -0.3 is 45.7 Å². The smallest absolute Gasteiger partial charge is 0.407 e. The first-order valence-corrected chi connectivity index (χ1v) is 23.8. The van der Waals surface area contributed by atoms with E-state index in [-0.39, 0.29) is 49.6 Å². The third-order valence-electron chi connectivity index (χ3n) is 14.3. The summed E-state index contributed by atoms with van der Waals surface area (Å²) in [6.45, 7) is 1.58. The van der Waals surface area contributed by atoms with E-state index in [4.69, 9.17) is 14.5 Å². The lowest BCUT2D eigenvalue weighted by molar-refractivity contribution is -0.172. The number of halogens is 1. The maximum absolute atomic E-state index is 15.5. The number of cyclic esters (lactones) is 1. The van der Waals surface area contributed by atoms with Gasteiger partial charge in [0, 0.05) is 34.9 Å². The number of nitrogens with zero attached hydrogens (tertiary/aromatic N) is 2. The van der Waals surface area contributed by atoms with Gasteiger partial charge >= 0.3 is 12.1 Å². The Hall–Kier alpha value is -8.25. The van der Waals surface area contributed by atoms with Crippen molar-refractivity contribution < 1.29 is 47.7 Å². The SMILES string of the molecule is CC[C@@]1(O)C(=O)OCc2c1cc1n(c2=O)Cc2c-1nc1cc(F)c(C)c3c1c2[C@@H](NC(=O)CNC(=O)[C@H](Cc1ccccc1)NC(=O)CNC(=O)CNC(=O)OCC1c2ccccc2-c2ccccc21)CC3. The molecule has 18 heteroatoms. The number of carbonyl (C=O) groups is 6. The van der Waals surface area contributed by atoms with Gasteiger partial charge in [0.2, 0.25) is 23.6 Å². The van der Waals surface area contributed by atoms with Crippen LogP contribution < -0.4 is 32.1 Å². The normalized spacial score (nSPS) is 17.3. The Morgan fingerprint density at radius 1 is 0.861 bits per heavy atom. The largest absolute Gasteiger partial charge is 0.458 e. The van der Waals surface area contributed by atoms with Crippen molar-refractivity contribution in [3.63, 3.8) is 0 Å². The van der Waals surface area contributed by atoms with Crippen LogP contribution in [0.5, 0.6) is 0 Å². The standard InChI is InChI=1S/C54H50FN7O10/c1-3-54(70)38-20-43-49-35(25-62(43)51(67)37(38)27-71-52(54)68)48-40(18-17-30-28(2)39(55)21-41(61-49)47(30)48)59-46(65)24-57-50(66)42(19-29-11-5-4-6-12-29)60-45(64)23-56-44(63)22-58-53(69)72-26-36-33-15-9-7-13-31(33)32-14-8-10-16-34(32)36/h4-16,20-21,36,40,42,70H,3,17-19,22-27H2,1-2H3,(H,56,63)(H,57,66)(H,58,69)(H,59,65)(H,60,64)/t40-,42-,54-/m0/s1. The Kier molecular flexibility index (Phi) is 12.6. The van der Waals surface area contributed by atoms with Crippen LogP contribution in [0.25, 0.3) is 33.4 Å². The predicted octanol–water partition coefficient (Wildman–Crippen LogP) is 4.13. The molecular weight excluding hydrogens is 926 g/mol. The van der Waals surface area contributed by atoms with Crippen LogP contribution in [-0.2, 0) is 65.0 Å². The number of amides is 5. The van der Waals surface area contributed by atoms with Crippen molar-refractivity contribution in [3.8, 4) is 22.5 Å². The quantitative estimate of drug-likeness (QED) is 0.0848. The summed E-state index contributed by atoms with van der Waals surface area (Å²) in [6.07, 6.45) is -0.0649. The molecular formula is C54H50FN7O10. The molecule has 2 aliphatic heterocycles. The Labute approximate surface area is 411 Å². The predicted molar refractivity (Wildman–Crippen MR) is 260 cm³/mol. The number of ether oxygens (including phenoxy) is 2. The Morgan fingerprint density at radius 3 is 2.26 bits per heavy atom. The summed E-state index contributed by atoms with van der Waals surface area (Å²) in [6, 6.07) is 25.8. The molecule has 2 aliphatic carbocycles. The first-order valence-electron chi connectivity index (χ1n) is 23.8. The maximum atomic E-state index is 15.5. The number of rotatable bonds is 14. The number of hydrogen-bond donors (Lipinski definition) is 6. The molecule has 2 aromatic heterocycles. The van der Waals surface area contributed by atoms with Crippen molar-refractivity contribution >= 4 is 46.6 Å². The Morgan fingerprint density at radius 2 is 1.54 bits per heavy atom. The molecule has 3 atom stereocenters. The molecule has 4 aromatic carbocycles. The zero-order chi connectivity index (χ0) is 50.4. The summed E-state index contributed by atoms with van der Waals surface area (Å²) in [4.78, 5) is 98.0. The lowest BCUT2D eigenvalue weighted by Crippen LogP contribution is -2.52. The highest BCUT2D eigenvalue weighted by Crippen LogP contribution is 2.47. The number of benzene rings is 4. The molecule has 0 bridgehead atoms. The minimum Gasteiger partial charge on any atom is -0.458 e. The average Bonchev–Trinajstić information content (AvgIpc) is 3.92. The van der Waals surface area contributed by atoms with Crippen LogP contribution in [0.1, 0.15) is 81.8 Å². The zero-order valence-electron chi connectivity index (χ0n) is 39.4. The summed E-state index contributed by atoms with van der Waals surface area (Å²) in [7, 11) is 0. The van der Waals surface area contributed by atoms with Crippen molar-refractivity contribution in [3.05, 3.63) is 157 Å². The summed E-state index contributed by atoms with van der Waals surface area (Å²) >= 11 is 0. The lowest BCUT2D eigenvalue weighted by Gasteiger charge is -2.31. The number of hydrogen-bond acceptors (Lipinski definition) is 11. The number of esters is 1. The van der Waals surface area contributed by atoms with Gasteiger partial charge in [0.15, 0.2) is 5.60 Å². The van der Waals surface area contributed by atoms with Crippen LogP contribution in [0, 0.1) is 12.7 Å². The minimum atomic E-state index is -2.05. The molecule has 5 amide bonds. The fourth-order valence-electron chi connectivity index (χ4n) is 10.6. The van der Waals surface area contributed by atoms with Crippen LogP contribution in [0.2, 0.25) is 0 Å². The van der Waals surface area contributed by atoms with Crippen molar-refractivity contribution in [1.29, 1.82) is 0 Å². The molecule has 0 saturated heterocycles. The molecule has 0 fully saturated rings. The second-order valence-electron chi connectivity index (χ2n) is 18.5. The molecule has 6 aromatic rings. The molecule has 368 valence electrons. The van der Waals surface area contributed by atoms with E-state index in [0.29, 0.717) is 57.4 Å². The van der Waals surface area contributed by atoms with Crippen LogP contribution in [0.4, 0.5) is 9.18 Å². The lowest BCUT2D eigenvalue weighted by atomic mass is 9.81. The van der Waals surface area contributed by atoms with Gasteiger partial charge in [0.05, 0.1) is 48.1 Å². The molecule has 0 saturated carbocycles. The van der Waals surface area contributed by atoms with E-state index in [1.165, 1.54) is 10.6 Å². The van der Waals surface area contributed by atoms with E-state index in [1.807, 2.05) is 48.5 Å². The van der Waals surface area contributed by atoms with Gasteiger partial charge in [-0.05, 0) is 76.8 Å². The van der Waals surface area contributed by atoms with Gasteiger partial charge in [-0.3, -0.25) is 24.0 Å². The topological polar surface area (TPSA) is 236 Å². The molecule has 6 N–H and O–H groups in total. The first-order chi connectivity index (χ1) is 34.7. The van der Waals surface area contributed by atoms with Crippen LogP contribution in [0.3, 0.4) is 0 Å². The minimum absolute atomic E-state index is 0.0446. The maximum Gasteiger partial charge on any atom is 0.407 e. The average molecular weight is 976 g/mol. The number of nitrogens with one attached hydrogen (secondary N) is 5. The Balaban J connectivity index is 0.785. The number of fused-ring (bicyclic) bond motifs is 8. The Bertz CT molecular complexity index is 3280. The molecule has 72 heavy (non-hydrogen) atoms. The van der Waals surface area contributed by atoms with E-state index in [9.17, 15) is 38.7 Å². The summed E-state index contributed by atoms with van der Waals surface area (Å²) in [5.74, 6) is -4.12. The van der Waals surface area contributed by atoms with Crippen molar-refractivity contribution in [1.82, 2.24) is 36.1 Å². The number of carbonyl (C=O) groups excluding carboxylic acids is 6. The monoisotopic (exact) mass is 975 g/mol. The highest BCUT2D eigenvalue weighted by atomic mass is 19.1. The van der Waals surface area contributed by atoms with E-state index in [0.717, 1.165) is 27.8 Å². The van der Waals surface area contributed by atoms with Gasteiger partial charge in [0.1, 0.15) is 31.6 Å². The van der Waals surface area contributed by atoms with E-state index < -0.39 is 84.4 Å². The van der Waals surface area contributed by atoms with Gasteiger partial charge in [-0.15, -0.1) is 0 Å². The number of aliphatic hydroxyl groups is 1. The fraction of sp³-hybridized carbons (Fsp3) is 0.296. The van der Waals surface area contributed by atoms with Gasteiger partial charge in [0.25, 0.3) is 5.56 Å². The molecule has 4 aliphatic rings. The van der Waals surface area contributed by atoms with Crippen LogP contribution in [0.15, 0.2) is 95.8 Å². The van der Waals surface area contributed by atoms with Crippen molar-refractivity contribution in [2.24, 2.45) is 0 Å². The molecule has 0 spiro atoms. The van der Waals surface area contributed by atoms with Crippen LogP contribution >= 0.6 is 0 Å². The number of pyridine rings is 2.